The van der Waals surface area contributed by atoms with Crippen molar-refractivity contribution in [1.82, 2.24) is 14.9 Å². The van der Waals surface area contributed by atoms with Gasteiger partial charge in [0.25, 0.3) is 0 Å². The quantitative estimate of drug-likeness (QED) is 0.713. The van der Waals surface area contributed by atoms with Gasteiger partial charge in [0, 0.05) is 25.7 Å². The number of hydrogen-bond acceptors (Lipinski definition) is 5. The summed E-state index contributed by atoms with van der Waals surface area (Å²) in [6, 6.07) is 0.544. The molecule has 5 nitrogen and oxygen atoms in total. The molecule has 1 aromatic rings. The van der Waals surface area contributed by atoms with Crippen molar-refractivity contribution >= 4 is 11.6 Å². The second-order valence-corrected chi connectivity index (χ2v) is 4.08. The molecule has 82 valence electrons. The molecule has 15 heavy (non-hydrogen) atoms. The summed E-state index contributed by atoms with van der Waals surface area (Å²) in [4.78, 5) is 12.9. The van der Waals surface area contributed by atoms with Crippen LogP contribution in [0.15, 0.2) is 12.4 Å². The smallest absolute Gasteiger partial charge is 0.149 e. The zero-order valence-electron chi connectivity index (χ0n) is 9.22. The van der Waals surface area contributed by atoms with E-state index in [1.807, 2.05) is 0 Å². The molecule has 0 saturated carbocycles. The molecule has 1 aromatic heterocycles. The number of nitrogen functional groups attached to an aromatic ring is 1. The Balaban J connectivity index is 2.12. The maximum Gasteiger partial charge on any atom is 0.149 e. The number of likely N-dealkylation sites (N-methyl/N-ethyl adjacent to an activating group) is 1. The Labute approximate surface area is 89.9 Å². The zero-order valence-corrected chi connectivity index (χ0v) is 9.22. The average molecular weight is 207 g/mol. The maximum atomic E-state index is 5.62. The Kier molecular flexibility index (Phi) is 2.73. The van der Waals surface area contributed by atoms with Gasteiger partial charge in [-0.15, -0.1) is 0 Å². The van der Waals surface area contributed by atoms with Crippen LogP contribution in [0.2, 0.25) is 0 Å². The van der Waals surface area contributed by atoms with E-state index in [-0.39, 0.29) is 0 Å². The topological polar surface area (TPSA) is 58.3 Å². The molecule has 0 radical (unpaired) electrons. The maximum absolute atomic E-state index is 5.62. The number of hydrogen-bond donors (Lipinski definition) is 1. The summed E-state index contributed by atoms with van der Waals surface area (Å²) in [5.41, 5.74) is 5.62. The highest BCUT2D eigenvalue weighted by atomic mass is 15.3. The molecule has 1 unspecified atom stereocenters. The van der Waals surface area contributed by atoms with E-state index >= 15 is 0 Å². The molecule has 0 aliphatic carbocycles. The highest BCUT2D eigenvalue weighted by Crippen LogP contribution is 2.15. The molecular weight excluding hydrogens is 190 g/mol. The molecule has 0 bridgehead atoms. The van der Waals surface area contributed by atoms with Crippen molar-refractivity contribution in [3.63, 3.8) is 0 Å². The molecular formula is C10H17N5. The minimum Gasteiger partial charge on any atom is -0.382 e. The molecule has 1 fully saturated rings. The molecule has 1 aliphatic heterocycles. The Morgan fingerprint density at radius 1 is 1.40 bits per heavy atom. The molecule has 2 N–H and O–H groups in total. The van der Waals surface area contributed by atoms with Gasteiger partial charge in [-0.25, -0.2) is 4.98 Å². The fourth-order valence-corrected chi connectivity index (χ4v) is 1.78. The van der Waals surface area contributed by atoms with Gasteiger partial charge in [-0.2, -0.15) is 0 Å². The van der Waals surface area contributed by atoms with Gasteiger partial charge in [0.05, 0.1) is 12.4 Å². The van der Waals surface area contributed by atoms with Gasteiger partial charge in [0.15, 0.2) is 0 Å². The number of anilines is 2. The van der Waals surface area contributed by atoms with E-state index in [0.29, 0.717) is 11.9 Å². The van der Waals surface area contributed by atoms with E-state index in [2.05, 4.69) is 33.7 Å². The monoisotopic (exact) mass is 207 g/mol. The first kappa shape index (κ1) is 10.2. The predicted octanol–water partition coefficient (Wildman–Crippen LogP) is 0.199. The fourth-order valence-electron chi connectivity index (χ4n) is 1.78. The zero-order chi connectivity index (χ0) is 10.8. The predicted molar refractivity (Wildman–Crippen MR) is 60.7 cm³/mol. The van der Waals surface area contributed by atoms with Crippen LogP contribution >= 0.6 is 0 Å². The largest absolute Gasteiger partial charge is 0.382 e. The Morgan fingerprint density at radius 3 is 2.87 bits per heavy atom. The van der Waals surface area contributed by atoms with Crippen molar-refractivity contribution in [2.45, 2.75) is 13.0 Å². The van der Waals surface area contributed by atoms with Gasteiger partial charge in [-0.3, -0.25) is 4.98 Å². The van der Waals surface area contributed by atoms with E-state index in [0.717, 1.165) is 25.5 Å². The van der Waals surface area contributed by atoms with Crippen LogP contribution < -0.4 is 10.6 Å². The van der Waals surface area contributed by atoms with Gasteiger partial charge in [0.2, 0.25) is 0 Å². The molecule has 0 aromatic carbocycles. The van der Waals surface area contributed by atoms with Crippen molar-refractivity contribution in [1.29, 1.82) is 0 Å². The van der Waals surface area contributed by atoms with Crippen LogP contribution in [-0.2, 0) is 0 Å². The summed E-state index contributed by atoms with van der Waals surface area (Å²) >= 11 is 0. The molecule has 1 atom stereocenters. The highest BCUT2D eigenvalue weighted by Gasteiger charge is 2.21. The fraction of sp³-hybridized carbons (Fsp3) is 0.600. The molecule has 2 rings (SSSR count). The Hall–Kier alpha value is -1.36. The van der Waals surface area contributed by atoms with E-state index in [1.165, 1.54) is 0 Å². The Morgan fingerprint density at radius 2 is 2.20 bits per heavy atom. The van der Waals surface area contributed by atoms with Crippen molar-refractivity contribution in [3.05, 3.63) is 12.4 Å². The summed E-state index contributed by atoms with van der Waals surface area (Å²) in [5, 5.41) is 0. The lowest BCUT2D eigenvalue weighted by molar-refractivity contribution is 0.233. The van der Waals surface area contributed by atoms with Gasteiger partial charge in [0.1, 0.15) is 11.6 Å². The molecule has 0 spiro atoms. The van der Waals surface area contributed by atoms with E-state index < -0.39 is 0 Å². The van der Waals surface area contributed by atoms with Gasteiger partial charge < -0.3 is 15.5 Å². The summed E-state index contributed by atoms with van der Waals surface area (Å²) in [7, 11) is 2.15. The summed E-state index contributed by atoms with van der Waals surface area (Å²) in [6.45, 7) is 5.23. The first-order valence-corrected chi connectivity index (χ1v) is 5.19. The van der Waals surface area contributed by atoms with Gasteiger partial charge in [-0.05, 0) is 14.0 Å². The minimum absolute atomic E-state index is 0.485. The van der Waals surface area contributed by atoms with Crippen LogP contribution in [0.5, 0.6) is 0 Å². The second kappa shape index (κ2) is 4.02. The normalized spacial score (nSPS) is 23.1. The number of nitrogens with zero attached hydrogens (tertiary/aromatic N) is 4. The molecule has 0 amide bonds. The third kappa shape index (κ3) is 2.18. The van der Waals surface area contributed by atoms with Crippen LogP contribution in [0.1, 0.15) is 6.92 Å². The molecule has 1 aliphatic rings. The number of rotatable bonds is 1. The summed E-state index contributed by atoms with van der Waals surface area (Å²) in [6.07, 6.45) is 3.34. The number of nitrogens with two attached hydrogens (primary N) is 1. The van der Waals surface area contributed by atoms with E-state index in [1.54, 1.807) is 12.4 Å². The summed E-state index contributed by atoms with van der Waals surface area (Å²) in [5.74, 6) is 1.37. The van der Waals surface area contributed by atoms with Crippen LogP contribution in [-0.4, -0.2) is 47.6 Å². The van der Waals surface area contributed by atoms with Crippen LogP contribution in [0.4, 0.5) is 11.6 Å². The van der Waals surface area contributed by atoms with Crippen molar-refractivity contribution in [2.75, 3.05) is 37.3 Å². The third-order valence-electron chi connectivity index (χ3n) is 2.92. The minimum atomic E-state index is 0.485. The summed E-state index contributed by atoms with van der Waals surface area (Å²) < 4.78 is 0. The van der Waals surface area contributed by atoms with Gasteiger partial charge >= 0.3 is 0 Å². The lowest BCUT2D eigenvalue weighted by Crippen LogP contribution is -2.50. The first-order chi connectivity index (χ1) is 7.16. The number of aromatic nitrogens is 2. The van der Waals surface area contributed by atoms with E-state index in [9.17, 15) is 0 Å². The lowest BCUT2D eigenvalue weighted by atomic mass is 10.2. The Bertz CT molecular complexity index is 340. The van der Waals surface area contributed by atoms with Gasteiger partial charge in [-0.1, -0.05) is 0 Å². The van der Waals surface area contributed by atoms with Crippen LogP contribution in [0.25, 0.3) is 0 Å². The molecule has 2 heterocycles. The van der Waals surface area contributed by atoms with Crippen molar-refractivity contribution in [3.8, 4) is 0 Å². The second-order valence-electron chi connectivity index (χ2n) is 4.08. The molecule has 1 saturated heterocycles. The van der Waals surface area contributed by atoms with Crippen molar-refractivity contribution in [2.24, 2.45) is 0 Å². The highest BCUT2D eigenvalue weighted by molar-refractivity contribution is 5.42. The van der Waals surface area contributed by atoms with E-state index in [4.69, 9.17) is 5.73 Å². The molecule has 5 heteroatoms. The van der Waals surface area contributed by atoms with Crippen LogP contribution in [0.3, 0.4) is 0 Å². The van der Waals surface area contributed by atoms with Crippen LogP contribution in [0, 0.1) is 0 Å². The standard InChI is InChI=1S/C10H17N5/c1-8-7-15(4-3-14(8)2)10-6-12-5-9(11)13-10/h5-6,8H,3-4,7H2,1-2H3,(H2,11,13). The SMILES string of the molecule is CC1CN(c2cncc(N)n2)CCN1C. The first-order valence-electron chi connectivity index (χ1n) is 5.19. The number of piperazine rings is 1. The third-order valence-corrected chi connectivity index (χ3v) is 2.92. The average Bonchev–Trinajstić information content (AvgIpc) is 2.22. The lowest BCUT2D eigenvalue weighted by Gasteiger charge is -2.38. The van der Waals surface area contributed by atoms with Crippen molar-refractivity contribution < 1.29 is 0 Å².